The van der Waals surface area contributed by atoms with E-state index in [-0.39, 0.29) is 5.91 Å². The van der Waals surface area contributed by atoms with Gasteiger partial charge in [-0.05, 0) is 12.5 Å². The zero-order valence-corrected chi connectivity index (χ0v) is 15.6. The quantitative estimate of drug-likeness (QED) is 0.818. The van der Waals surface area contributed by atoms with Crippen LogP contribution in [0.5, 0.6) is 11.5 Å². The Kier molecular flexibility index (Phi) is 5.25. The maximum absolute atomic E-state index is 12.1. The van der Waals surface area contributed by atoms with Gasteiger partial charge in [0, 0.05) is 38.7 Å². The van der Waals surface area contributed by atoms with Gasteiger partial charge in [0.25, 0.3) is 5.91 Å². The van der Waals surface area contributed by atoms with Crippen molar-refractivity contribution in [3.63, 3.8) is 0 Å². The van der Waals surface area contributed by atoms with Crippen LogP contribution in [0.4, 0.5) is 5.82 Å². The van der Waals surface area contributed by atoms with Crippen molar-refractivity contribution in [3.8, 4) is 11.5 Å². The summed E-state index contributed by atoms with van der Waals surface area (Å²) in [6.07, 6.45) is 4.18. The minimum Gasteiger partial charge on any atom is -0.493 e. The first kappa shape index (κ1) is 18.0. The summed E-state index contributed by atoms with van der Waals surface area (Å²) in [5, 5.41) is 0. The smallest absolute Gasteiger partial charge is 0.273 e. The molecule has 2 aromatic rings. The van der Waals surface area contributed by atoms with Crippen LogP contribution in [-0.2, 0) is 0 Å². The van der Waals surface area contributed by atoms with Gasteiger partial charge in [0.05, 0.1) is 26.6 Å². The molecule has 0 aliphatic carbocycles. The number of nitrogens with zero attached hydrogens (tertiary/aromatic N) is 4. The van der Waals surface area contributed by atoms with Gasteiger partial charge in [0.1, 0.15) is 11.5 Å². The fourth-order valence-electron chi connectivity index (χ4n) is 3.30. The lowest BCUT2D eigenvalue weighted by Gasteiger charge is -2.20. The van der Waals surface area contributed by atoms with Crippen molar-refractivity contribution in [1.29, 1.82) is 0 Å². The molecule has 0 spiro atoms. The molecule has 1 aliphatic heterocycles. The van der Waals surface area contributed by atoms with Crippen molar-refractivity contribution in [1.82, 2.24) is 14.9 Å². The van der Waals surface area contributed by atoms with Crippen LogP contribution in [0.1, 0.15) is 28.4 Å². The number of hydrogen-bond acceptors (Lipinski definition) is 6. The van der Waals surface area contributed by atoms with E-state index in [0.717, 1.165) is 42.4 Å². The summed E-state index contributed by atoms with van der Waals surface area (Å²) < 4.78 is 11.0. The summed E-state index contributed by atoms with van der Waals surface area (Å²) in [5.74, 6) is 2.40. The first-order valence-corrected chi connectivity index (χ1v) is 8.54. The predicted octanol–water partition coefficient (Wildman–Crippen LogP) is 2.19. The number of ether oxygens (including phenoxy) is 2. The second-order valence-corrected chi connectivity index (χ2v) is 6.48. The van der Waals surface area contributed by atoms with Crippen LogP contribution in [0.15, 0.2) is 30.6 Å². The van der Waals surface area contributed by atoms with Crippen LogP contribution in [0.3, 0.4) is 0 Å². The van der Waals surface area contributed by atoms with E-state index in [4.69, 9.17) is 9.47 Å². The van der Waals surface area contributed by atoms with Crippen molar-refractivity contribution in [3.05, 3.63) is 41.9 Å². The van der Waals surface area contributed by atoms with Gasteiger partial charge >= 0.3 is 0 Å². The molecular formula is C19H24N4O3. The average molecular weight is 356 g/mol. The van der Waals surface area contributed by atoms with E-state index in [1.165, 1.54) is 11.1 Å². The Morgan fingerprint density at radius 2 is 2.04 bits per heavy atom. The van der Waals surface area contributed by atoms with Gasteiger partial charge in [-0.15, -0.1) is 0 Å². The van der Waals surface area contributed by atoms with E-state index in [2.05, 4.69) is 20.9 Å². The van der Waals surface area contributed by atoms with Crippen LogP contribution in [-0.4, -0.2) is 62.2 Å². The van der Waals surface area contributed by atoms with E-state index < -0.39 is 0 Å². The molecule has 3 rings (SSSR count). The maximum Gasteiger partial charge on any atom is 0.273 e. The molecule has 1 saturated heterocycles. The Hall–Kier alpha value is -2.83. The number of aromatic nitrogens is 2. The molecule has 1 amide bonds. The minimum atomic E-state index is -0.149. The largest absolute Gasteiger partial charge is 0.493 e. The molecule has 0 N–H and O–H groups in total. The number of rotatable bonds is 5. The van der Waals surface area contributed by atoms with Gasteiger partial charge in [-0.1, -0.05) is 12.1 Å². The first-order valence-electron chi connectivity index (χ1n) is 8.54. The van der Waals surface area contributed by atoms with Crippen LogP contribution in [0.25, 0.3) is 0 Å². The topological polar surface area (TPSA) is 67.8 Å². The summed E-state index contributed by atoms with van der Waals surface area (Å²) in [4.78, 5) is 24.5. The molecule has 138 valence electrons. The number of methoxy groups -OCH3 is 2. The van der Waals surface area contributed by atoms with Crippen LogP contribution in [0, 0.1) is 0 Å². The monoisotopic (exact) mass is 356 g/mol. The number of carbonyl (C=O) groups excluding carboxylic acids is 1. The highest BCUT2D eigenvalue weighted by Crippen LogP contribution is 2.39. The lowest BCUT2D eigenvalue weighted by atomic mass is 9.97. The van der Waals surface area contributed by atoms with Crippen LogP contribution in [0.2, 0.25) is 0 Å². The highest BCUT2D eigenvalue weighted by Gasteiger charge is 2.28. The third kappa shape index (κ3) is 3.42. The number of amides is 1. The summed E-state index contributed by atoms with van der Waals surface area (Å²) in [7, 11) is 6.72. The zero-order valence-electron chi connectivity index (χ0n) is 15.6. The Balaban J connectivity index is 1.82. The highest BCUT2D eigenvalue weighted by atomic mass is 16.5. The van der Waals surface area contributed by atoms with E-state index in [0.29, 0.717) is 11.6 Å². The lowest BCUT2D eigenvalue weighted by Crippen LogP contribution is -2.25. The third-order valence-electron chi connectivity index (χ3n) is 4.63. The van der Waals surface area contributed by atoms with Crippen LogP contribution < -0.4 is 14.4 Å². The van der Waals surface area contributed by atoms with Gasteiger partial charge in [-0.25, -0.2) is 4.98 Å². The second kappa shape index (κ2) is 7.59. The lowest BCUT2D eigenvalue weighted by molar-refractivity contribution is 0.0821. The first-order chi connectivity index (χ1) is 12.5. The van der Waals surface area contributed by atoms with E-state index in [1.54, 1.807) is 34.5 Å². The molecule has 1 fully saturated rings. The van der Waals surface area contributed by atoms with Gasteiger partial charge < -0.3 is 19.3 Å². The fourth-order valence-corrected chi connectivity index (χ4v) is 3.30. The normalized spacial score (nSPS) is 16.5. The average Bonchev–Trinajstić information content (AvgIpc) is 3.16. The highest BCUT2D eigenvalue weighted by molar-refractivity contribution is 5.91. The Morgan fingerprint density at radius 3 is 2.73 bits per heavy atom. The molecule has 1 aromatic carbocycles. The summed E-state index contributed by atoms with van der Waals surface area (Å²) in [6, 6.07) is 5.96. The van der Waals surface area contributed by atoms with Gasteiger partial charge in [0.15, 0.2) is 11.5 Å². The zero-order chi connectivity index (χ0) is 18.7. The van der Waals surface area contributed by atoms with E-state index in [9.17, 15) is 4.79 Å². The standard InChI is InChI=1S/C19H24N4O3/c1-22(2)19(24)15-10-20-11-17(21-15)23-9-8-13(12-23)14-6-5-7-16(25-3)18(14)26-4/h5-7,10-11,13H,8-9,12H2,1-4H3. The van der Waals surface area contributed by atoms with Crippen molar-refractivity contribution in [2.45, 2.75) is 12.3 Å². The number of para-hydroxylation sites is 1. The summed E-state index contributed by atoms with van der Waals surface area (Å²) in [6.45, 7) is 1.64. The predicted molar refractivity (Wildman–Crippen MR) is 99.2 cm³/mol. The number of benzene rings is 1. The third-order valence-corrected chi connectivity index (χ3v) is 4.63. The molecule has 0 bridgehead atoms. The summed E-state index contributed by atoms with van der Waals surface area (Å²) in [5.41, 5.74) is 1.48. The Morgan fingerprint density at radius 1 is 1.23 bits per heavy atom. The van der Waals surface area contributed by atoms with Crippen molar-refractivity contribution in [2.75, 3.05) is 46.3 Å². The maximum atomic E-state index is 12.1. The SMILES string of the molecule is COc1cccc(C2CCN(c3cncc(C(=O)N(C)C)n3)C2)c1OC. The van der Waals surface area contributed by atoms with Crippen molar-refractivity contribution in [2.24, 2.45) is 0 Å². The van der Waals surface area contributed by atoms with E-state index >= 15 is 0 Å². The molecule has 1 aromatic heterocycles. The molecule has 26 heavy (non-hydrogen) atoms. The Labute approximate surface area is 153 Å². The molecule has 2 heterocycles. The van der Waals surface area contributed by atoms with Gasteiger partial charge in [-0.3, -0.25) is 9.78 Å². The number of anilines is 1. The van der Waals surface area contributed by atoms with E-state index in [1.807, 2.05) is 12.1 Å². The molecular weight excluding hydrogens is 332 g/mol. The second-order valence-electron chi connectivity index (χ2n) is 6.48. The molecule has 0 radical (unpaired) electrons. The molecule has 7 nitrogen and oxygen atoms in total. The summed E-state index contributed by atoms with van der Waals surface area (Å²) >= 11 is 0. The van der Waals surface area contributed by atoms with Crippen molar-refractivity contribution >= 4 is 11.7 Å². The molecule has 0 saturated carbocycles. The molecule has 1 atom stereocenters. The molecule has 1 aliphatic rings. The van der Waals surface area contributed by atoms with Crippen molar-refractivity contribution < 1.29 is 14.3 Å². The minimum absolute atomic E-state index is 0.149. The molecule has 7 heteroatoms. The molecule has 1 unspecified atom stereocenters. The fraction of sp³-hybridized carbons (Fsp3) is 0.421. The van der Waals surface area contributed by atoms with Gasteiger partial charge in [-0.2, -0.15) is 0 Å². The van der Waals surface area contributed by atoms with Crippen LogP contribution >= 0.6 is 0 Å². The number of hydrogen-bond donors (Lipinski definition) is 0. The van der Waals surface area contributed by atoms with Gasteiger partial charge in [0.2, 0.25) is 0 Å². The number of carbonyl (C=O) groups is 1. The Bertz CT molecular complexity index is 794.